The molecule has 0 radical (unpaired) electrons. The number of phenols is 2. The lowest BCUT2D eigenvalue weighted by molar-refractivity contribution is -0.160. The van der Waals surface area contributed by atoms with Crippen LogP contribution in [0.3, 0.4) is 0 Å². The van der Waals surface area contributed by atoms with E-state index in [-0.39, 0.29) is 18.1 Å². The van der Waals surface area contributed by atoms with Gasteiger partial charge in [-0.1, -0.05) is 0 Å². The Morgan fingerprint density at radius 2 is 1.74 bits per heavy atom. The Labute approximate surface area is 112 Å². The molecule has 0 aliphatic rings. The monoisotopic (exact) mass is 268 g/mol. The number of hydrogen-bond acceptors (Lipinski definition) is 5. The minimum absolute atomic E-state index is 0.00198. The third-order valence-electron chi connectivity index (χ3n) is 2.14. The van der Waals surface area contributed by atoms with Crippen molar-refractivity contribution in [1.29, 1.82) is 0 Å². The highest BCUT2D eigenvalue weighted by Crippen LogP contribution is 2.20. The van der Waals surface area contributed by atoms with Crippen LogP contribution in [-0.4, -0.2) is 35.0 Å². The van der Waals surface area contributed by atoms with Crippen LogP contribution in [0.2, 0.25) is 0 Å². The molecule has 1 aromatic rings. The van der Waals surface area contributed by atoms with Gasteiger partial charge in [-0.3, -0.25) is 0 Å². The lowest BCUT2D eigenvalue weighted by Gasteiger charge is -2.19. The zero-order valence-corrected chi connectivity index (χ0v) is 11.5. The molecule has 0 amide bonds. The highest BCUT2D eigenvalue weighted by molar-refractivity contribution is 5.71. The third kappa shape index (κ3) is 6.67. The fourth-order valence-electron chi connectivity index (χ4n) is 1.52. The van der Waals surface area contributed by atoms with E-state index in [0.717, 1.165) is 5.56 Å². The smallest absolute Gasteiger partial charge is 0.332 e. The highest BCUT2D eigenvalue weighted by Gasteiger charge is 2.15. The number of carbonyl (C=O) groups excluding carboxylic acids is 1. The predicted molar refractivity (Wildman–Crippen MR) is 70.1 cm³/mol. The lowest BCUT2D eigenvalue weighted by atomic mass is 10.1. The van der Waals surface area contributed by atoms with E-state index in [1.807, 2.05) is 0 Å². The van der Waals surface area contributed by atoms with Crippen molar-refractivity contribution < 1.29 is 24.5 Å². The van der Waals surface area contributed by atoms with E-state index in [1.54, 1.807) is 20.8 Å². The Morgan fingerprint density at radius 3 is 2.26 bits per heavy atom. The van der Waals surface area contributed by atoms with Crippen molar-refractivity contribution >= 4 is 5.97 Å². The standard InChI is InChI=1S/C14H20O5/c1-14(2,3)19-13(17)9-18-5-4-10-6-11(15)8-12(16)7-10/h6-8,15-16H,4-5,9H2,1-3H3. The summed E-state index contributed by atoms with van der Waals surface area (Å²) < 4.78 is 10.3. The van der Waals surface area contributed by atoms with E-state index in [2.05, 4.69) is 0 Å². The van der Waals surface area contributed by atoms with Crippen LogP contribution >= 0.6 is 0 Å². The second-order valence-corrected chi connectivity index (χ2v) is 5.25. The molecule has 0 heterocycles. The maximum absolute atomic E-state index is 11.4. The Hall–Kier alpha value is -1.75. The number of esters is 1. The molecule has 0 aliphatic carbocycles. The highest BCUT2D eigenvalue weighted by atomic mass is 16.6. The first-order valence-corrected chi connectivity index (χ1v) is 6.08. The van der Waals surface area contributed by atoms with Gasteiger partial charge in [-0.05, 0) is 44.9 Å². The molecule has 0 spiro atoms. The van der Waals surface area contributed by atoms with E-state index >= 15 is 0 Å². The first-order chi connectivity index (χ1) is 8.76. The van der Waals surface area contributed by atoms with Crippen LogP contribution in [0.4, 0.5) is 0 Å². The number of phenolic OH excluding ortho intramolecular Hbond substituents is 2. The van der Waals surface area contributed by atoms with Crippen molar-refractivity contribution in [1.82, 2.24) is 0 Å². The minimum Gasteiger partial charge on any atom is -0.508 e. The van der Waals surface area contributed by atoms with E-state index in [0.29, 0.717) is 13.0 Å². The molecule has 5 heteroatoms. The molecular weight excluding hydrogens is 248 g/mol. The molecule has 5 nitrogen and oxygen atoms in total. The molecule has 0 bridgehead atoms. The fraction of sp³-hybridized carbons (Fsp3) is 0.500. The van der Waals surface area contributed by atoms with E-state index in [1.165, 1.54) is 18.2 Å². The van der Waals surface area contributed by atoms with Gasteiger partial charge in [0.25, 0.3) is 0 Å². The van der Waals surface area contributed by atoms with Crippen LogP contribution in [0.5, 0.6) is 11.5 Å². The van der Waals surface area contributed by atoms with Gasteiger partial charge in [0.1, 0.15) is 23.7 Å². The molecule has 0 aromatic heterocycles. The van der Waals surface area contributed by atoms with Crippen LogP contribution in [0.1, 0.15) is 26.3 Å². The SMILES string of the molecule is CC(C)(C)OC(=O)COCCc1cc(O)cc(O)c1. The fourth-order valence-corrected chi connectivity index (χ4v) is 1.52. The minimum atomic E-state index is -0.516. The summed E-state index contributed by atoms with van der Waals surface area (Å²) in [4.78, 5) is 11.4. The molecule has 1 aromatic carbocycles. The Morgan fingerprint density at radius 1 is 1.16 bits per heavy atom. The third-order valence-corrected chi connectivity index (χ3v) is 2.14. The van der Waals surface area contributed by atoms with E-state index in [9.17, 15) is 15.0 Å². The van der Waals surface area contributed by atoms with E-state index in [4.69, 9.17) is 9.47 Å². The van der Waals surface area contributed by atoms with Crippen molar-refractivity contribution in [3.05, 3.63) is 23.8 Å². The number of aromatic hydroxyl groups is 2. The molecular formula is C14H20O5. The number of hydrogen-bond donors (Lipinski definition) is 2. The average Bonchev–Trinajstić information content (AvgIpc) is 2.20. The summed E-state index contributed by atoms with van der Waals surface area (Å²) in [6.45, 7) is 5.57. The first kappa shape index (κ1) is 15.3. The molecule has 1 rings (SSSR count). The predicted octanol–water partition coefficient (Wildman–Crippen LogP) is 2.00. The largest absolute Gasteiger partial charge is 0.508 e. The van der Waals surface area contributed by atoms with Gasteiger partial charge in [-0.25, -0.2) is 4.79 Å². The van der Waals surface area contributed by atoms with E-state index < -0.39 is 11.6 Å². The average molecular weight is 268 g/mol. The van der Waals surface area contributed by atoms with Gasteiger partial charge in [0.05, 0.1) is 6.61 Å². The number of carbonyl (C=O) groups is 1. The molecule has 0 fully saturated rings. The van der Waals surface area contributed by atoms with Crippen molar-refractivity contribution in [2.75, 3.05) is 13.2 Å². The molecule has 2 N–H and O–H groups in total. The zero-order chi connectivity index (χ0) is 14.5. The molecule has 106 valence electrons. The van der Waals surface area contributed by atoms with Gasteiger partial charge >= 0.3 is 5.97 Å². The molecule has 0 saturated heterocycles. The molecule has 0 aliphatic heterocycles. The Kier molecular flexibility index (Phi) is 5.18. The number of rotatable bonds is 5. The quantitative estimate of drug-likeness (QED) is 0.631. The molecule has 0 unspecified atom stereocenters. The Balaban J connectivity index is 2.29. The lowest BCUT2D eigenvalue weighted by Crippen LogP contribution is -2.26. The van der Waals surface area contributed by atoms with Gasteiger partial charge in [-0.2, -0.15) is 0 Å². The topological polar surface area (TPSA) is 76.0 Å². The second kappa shape index (κ2) is 6.43. The van der Waals surface area contributed by atoms with Gasteiger partial charge in [0.15, 0.2) is 0 Å². The van der Waals surface area contributed by atoms with Crippen molar-refractivity contribution in [2.24, 2.45) is 0 Å². The van der Waals surface area contributed by atoms with Crippen molar-refractivity contribution in [3.8, 4) is 11.5 Å². The van der Waals surface area contributed by atoms with Crippen LogP contribution in [0.15, 0.2) is 18.2 Å². The van der Waals surface area contributed by atoms with Crippen molar-refractivity contribution in [3.63, 3.8) is 0 Å². The van der Waals surface area contributed by atoms with Gasteiger partial charge < -0.3 is 19.7 Å². The van der Waals surface area contributed by atoms with Crippen LogP contribution < -0.4 is 0 Å². The van der Waals surface area contributed by atoms with Crippen molar-refractivity contribution in [2.45, 2.75) is 32.8 Å². The molecule has 0 saturated carbocycles. The summed E-state index contributed by atoms with van der Waals surface area (Å²) in [6.07, 6.45) is 0.491. The van der Waals surface area contributed by atoms with Gasteiger partial charge in [0.2, 0.25) is 0 Å². The molecule has 19 heavy (non-hydrogen) atoms. The summed E-state index contributed by atoms with van der Waals surface area (Å²) in [5.74, 6) is -0.407. The van der Waals surface area contributed by atoms with Crippen LogP contribution in [0.25, 0.3) is 0 Å². The maximum Gasteiger partial charge on any atom is 0.332 e. The summed E-state index contributed by atoms with van der Waals surface area (Å²) in [6, 6.07) is 4.33. The second-order valence-electron chi connectivity index (χ2n) is 5.25. The van der Waals surface area contributed by atoms with Gasteiger partial charge in [0, 0.05) is 6.07 Å². The number of benzene rings is 1. The summed E-state index contributed by atoms with van der Waals surface area (Å²) in [5, 5.41) is 18.6. The first-order valence-electron chi connectivity index (χ1n) is 6.08. The summed E-state index contributed by atoms with van der Waals surface area (Å²) >= 11 is 0. The zero-order valence-electron chi connectivity index (χ0n) is 11.5. The number of ether oxygens (including phenoxy) is 2. The maximum atomic E-state index is 11.4. The normalized spacial score (nSPS) is 11.3. The summed E-state index contributed by atoms with van der Waals surface area (Å²) in [7, 11) is 0. The molecule has 0 atom stereocenters. The van der Waals surface area contributed by atoms with Crippen LogP contribution in [-0.2, 0) is 20.7 Å². The summed E-state index contributed by atoms with van der Waals surface area (Å²) in [5.41, 5.74) is 0.221. The van der Waals surface area contributed by atoms with Gasteiger partial charge in [-0.15, -0.1) is 0 Å². The van der Waals surface area contributed by atoms with Crippen LogP contribution in [0, 0.1) is 0 Å². The Bertz CT molecular complexity index is 414.